The zero-order chi connectivity index (χ0) is 10.4. The Hall–Kier alpha value is -0.0700. The van der Waals surface area contributed by atoms with Gasteiger partial charge in [0.1, 0.15) is 5.67 Å². The van der Waals surface area contributed by atoms with Crippen LogP contribution in [0.5, 0.6) is 0 Å². The summed E-state index contributed by atoms with van der Waals surface area (Å²) in [4.78, 5) is 0. The van der Waals surface area contributed by atoms with Crippen molar-refractivity contribution >= 4 is 0 Å². The molecule has 0 amide bonds. The smallest absolute Gasteiger partial charge is 0.113 e. The first-order valence-electron chi connectivity index (χ1n) is 6.15. The molecule has 1 heteroatoms. The average Bonchev–Trinajstić information content (AvgIpc) is 2.86. The molecular formula is C13H23F. The topological polar surface area (TPSA) is 0 Å². The SMILES string of the molecule is CC(C)C1(F)CCC(C2(C)CC2)CC1. The van der Waals surface area contributed by atoms with Crippen molar-refractivity contribution in [2.75, 3.05) is 0 Å². The van der Waals surface area contributed by atoms with Crippen molar-refractivity contribution in [3.8, 4) is 0 Å². The van der Waals surface area contributed by atoms with Crippen LogP contribution in [0.2, 0.25) is 0 Å². The second-order valence-corrected chi connectivity index (χ2v) is 6.12. The Morgan fingerprint density at radius 3 is 1.93 bits per heavy atom. The average molecular weight is 198 g/mol. The van der Waals surface area contributed by atoms with Crippen LogP contribution in [0.15, 0.2) is 0 Å². The summed E-state index contributed by atoms with van der Waals surface area (Å²) in [6.45, 7) is 6.44. The van der Waals surface area contributed by atoms with Gasteiger partial charge in [0, 0.05) is 0 Å². The molecule has 2 aliphatic rings. The van der Waals surface area contributed by atoms with Crippen LogP contribution in [0.25, 0.3) is 0 Å². The third kappa shape index (κ3) is 1.70. The van der Waals surface area contributed by atoms with Crippen molar-refractivity contribution < 1.29 is 4.39 Å². The molecule has 0 spiro atoms. The summed E-state index contributed by atoms with van der Waals surface area (Å²) in [5, 5.41) is 0. The molecule has 0 radical (unpaired) electrons. The highest BCUT2D eigenvalue weighted by molar-refractivity contribution is 4.99. The highest BCUT2D eigenvalue weighted by Gasteiger charge is 2.48. The second-order valence-electron chi connectivity index (χ2n) is 6.12. The van der Waals surface area contributed by atoms with Gasteiger partial charge in [-0.3, -0.25) is 0 Å². The fraction of sp³-hybridized carbons (Fsp3) is 1.00. The van der Waals surface area contributed by atoms with Crippen LogP contribution in [0.4, 0.5) is 4.39 Å². The van der Waals surface area contributed by atoms with Crippen LogP contribution in [0.1, 0.15) is 59.3 Å². The molecular weight excluding hydrogens is 175 g/mol. The van der Waals surface area contributed by atoms with Crippen LogP contribution in [0, 0.1) is 17.3 Å². The quantitative estimate of drug-likeness (QED) is 0.619. The van der Waals surface area contributed by atoms with Gasteiger partial charge in [0.2, 0.25) is 0 Å². The third-order valence-corrected chi connectivity index (χ3v) is 4.88. The summed E-state index contributed by atoms with van der Waals surface area (Å²) >= 11 is 0. The van der Waals surface area contributed by atoms with Gasteiger partial charge in [0.05, 0.1) is 0 Å². The molecule has 0 atom stereocenters. The van der Waals surface area contributed by atoms with Gasteiger partial charge in [-0.15, -0.1) is 0 Å². The summed E-state index contributed by atoms with van der Waals surface area (Å²) < 4.78 is 14.3. The molecule has 0 heterocycles. The third-order valence-electron chi connectivity index (χ3n) is 4.88. The number of halogens is 1. The van der Waals surface area contributed by atoms with Crippen LogP contribution >= 0.6 is 0 Å². The Bertz CT molecular complexity index is 207. The standard InChI is InChI=1S/C13H23F/c1-10(2)13(14)6-4-11(5-7-13)12(3)8-9-12/h10-11H,4-9H2,1-3H3. The van der Waals surface area contributed by atoms with Crippen molar-refractivity contribution in [1.29, 1.82) is 0 Å². The molecule has 0 N–H and O–H groups in total. The lowest BCUT2D eigenvalue weighted by Gasteiger charge is -2.39. The van der Waals surface area contributed by atoms with Gasteiger partial charge < -0.3 is 0 Å². The summed E-state index contributed by atoms with van der Waals surface area (Å²) in [7, 11) is 0. The molecule has 0 nitrogen and oxygen atoms in total. The van der Waals surface area contributed by atoms with Crippen molar-refractivity contribution in [1.82, 2.24) is 0 Å². The van der Waals surface area contributed by atoms with E-state index in [1.54, 1.807) is 0 Å². The number of rotatable bonds is 2. The monoisotopic (exact) mass is 198 g/mol. The molecule has 0 aromatic rings. The second kappa shape index (κ2) is 3.21. The van der Waals surface area contributed by atoms with Gasteiger partial charge in [-0.25, -0.2) is 4.39 Å². The van der Waals surface area contributed by atoms with E-state index in [4.69, 9.17) is 0 Å². The first-order valence-corrected chi connectivity index (χ1v) is 6.15. The van der Waals surface area contributed by atoms with E-state index in [2.05, 4.69) is 6.92 Å². The van der Waals surface area contributed by atoms with E-state index in [1.807, 2.05) is 13.8 Å². The molecule has 0 bridgehead atoms. The Kier molecular flexibility index (Phi) is 2.40. The highest BCUT2D eigenvalue weighted by atomic mass is 19.1. The number of hydrogen-bond donors (Lipinski definition) is 0. The van der Waals surface area contributed by atoms with Gasteiger partial charge in [0.15, 0.2) is 0 Å². The van der Waals surface area contributed by atoms with Crippen molar-refractivity contribution in [2.45, 2.75) is 65.0 Å². The first kappa shape index (κ1) is 10.4. The zero-order valence-corrected chi connectivity index (χ0v) is 9.78. The van der Waals surface area contributed by atoms with Crippen LogP contribution in [0.3, 0.4) is 0 Å². The van der Waals surface area contributed by atoms with E-state index in [9.17, 15) is 4.39 Å². The maximum Gasteiger partial charge on any atom is 0.113 e. The minimum atomic E-state index is -0.845. The fourth-order valence-electron chi connectivity index (χ4n) is 2.98. The van der Waals surface area contributed by atoms with Crippen molar-refractivity contribution in [2.24, 2.45) is 17.3 Å². The van der Waals surface area contributed by atoms with E-state index < -0.39 is 5.67 Å². The molecule has 2 saturated carbocycles. The summed E-state index contributed by atoms with van der Waals surface area (Å²) in [6, 6.07) is 0. The molecule has 0 aliphatic heterocycles. The molecule has 2 rings (SSSR count). The molecule has 2 fully saturated rings. The minimum absolute atomic E-state index is 0.204. The van der Waals surface area contributed by atoms with Crippen LogP contribution in [-0.2, 0) is 0 Å². The maximum absolute atomic E-state index is 14.3. The van der Waals surface area contributed by atoms with Gasteiger partial charge in [-0.2, -0.15) is 0 Å². The predicted octanol–water partition coefficient (Wildman–Crippen LogP) is 4.34. The lowest BCUT2D eigenvalue weighted by molar-refractivity contribution is 0.0240. The van der Waals surface area contributed by atoms with Crippen molar-refractivity contribution in [3.05, 3.63) is 0 Å². The van der Waals surface area contributed by atoms with Gasteiger partial charge >= 0.3 is 0 Å². The molecule has 82 valence electrons. The summed E-state index contributed by atoms with van der Waals surface area (Å²) in [5.41, 5.74) is -0.236. The Morgan fingerprint density at radius 2 is 1.57 bits per heavy atom. The van der Waals surface area contributed by atoms with E-state index >= 15 is 0 Å². The molecule has 14 heavy (non-hydrogen) atoms. The molecule has 2 aliphatic carbocycles. The number of hydrogen-bond acceptors (Lipinski definition) is 0. The predicted molar refractivity (Wildman–Crippen MR) is 58.0 cm³/mol. The number of alkyl halides is 1. The molecule has 0 saturated heterocycles. The highest BCUT2D eigenvalue weighted by Crippen LogP contribution is 2.57. The Labute approximate surface area is 87.3 Å². The fourth-order valence-corrected chi connectivity index (χ4v) is 2.98. The Balaban J connectivity index is 1.92. The lowest BCUT2D eigenvalue weighted by atomic mass is 9.70. The summed E-state index contributed by atoms with van der Waals surface area (Å²) in [5.74, 6) is 1.03. The van der Waals surface area contributed by atoms with Crippen LogP contribution < -0.4 is 0 Å². The molecule has 0 aromatic carbocycles. The largest absolute Gasteiger partial charge is 0.244 e. The zero-order valence-electron chi connectivity index (χ0n) is 9.78. The van der Waals surface area contributed by atoms with E-state index in [0.29, 0.717) is 5.41 Å². The Morgan fingerprint density at radius 1 is 1.07 bits per heavy atom. The van der Waals surface area contributed by atoms with Crippen molar-refractivity contribution in [3.63, 3.8) is 0 Å². The summed E-state index contributed by atoms with van der Waals surface area (Å²) in [6.07, 6.45) is 6.66. The van der Waals surface area contributed by atoms with Gasteiger partial charge in [-0.05, 0) is 55.8 Å². The van der Waals surface area contributed by atoms with Crippen LogP contribution in [-0.4, -0.2) is 5.67 Å². The lowest BCUT2D eigenvalue weighted by Crippen LogP contribution is -2.36. The van der Waals surface area contributed by atoms with Gasteiger partial charge in [-0.1, -0.05) is 20.8 Å². The van der Waals surface area contributed by atoms with E-state index in [1.165, 1.54) is 12.8 Å². The molecule has 0 aromatic heterocycles. The molecule has 0 unspecified atom stereocenters. The minimum Gasteiger partial charge on any atom is -0.244 e. The van der Waals surface area contributed by atoms with E-state index in [0.717, 1.165) is 31.6 Å². The normalized spacial score (nSPS) is 41.4. The first-order chi connectivity index (χ1) is 6.46. The van der Waals surface area contributed by atoms with E-state index in [-0.39, 0.29) is 5.92 Å². The van der Waals surface area contributed by atoms with Gasteiger partial charge in [0.25, 0.3) is 0 Å². The maximum atomic E-state index is 14.3.